The summed E-state index contributed by atoms with van der Waals surface area (Å²) in [6, 6.07) is 18.9. The zero-order valence-electron chi connectivity index (χ0n) is 18.8. The molecule has 1 saturated heterocycles. The average Bonchev–Trinajstić information content (AvgIpc) is 3.10. The summed E-state index contributed by atoms with van der Waals surface area (Å²) in [5, 5.41) is 1.83. The van der Waals surface area contributed by atoms with Gasteiger partial charge in [-0.05, 0) is 64.9 Å². The van der Waals surface area contributed by atoms with Crippen molar-refractivity contribution < 1.29 is 28.6 Å². The lowest BCUT2D eigenvalue weighted by molar-refractivity contribution is -0.145. The number of methoxy groups -OCH3 is 1. The lowest BCUT2D eigenvalue weighted by Gasteiger charge is -2.13. The number of fused-ring (bicyclic) bond motifs is 1. The molecule has 1 aliphatic heterocycles. The molecule has 0 bridgehead atoms. The Bertz CT molecular complexity index is 1290. The number of esters is 1. The molecule has 174 valence electrons. The summed E-state index contributed by atoms with van der Waals surface area (Å²) in [6.45, 7) is 1.90. The topological polar surface area (TPSA) is 82.1 Å². The van der Waals surface area contributed by atoms with Crippen molar-refractivity contribution in [2.75, 3.05) is 20.3 Å². The van der Waals surface area contributed by atoms with Crippen LogP contribution >= 0.6 is 11.8 Å². The number of rotatable bonds is 8. The van der Waals surface area contributed by atoms with Gasteiger partial charge in [-0.2, -0.15) is 0 Å². The SMILES string of the molecule is CCOC(=O)COc1cc(/C=C2\SC(=O)N(Cc3ccc4ccccc4c3)C2=O)ccc1OC. The van der Waals surface area contributed by atoms with E-state index in [0.29, 0.717) is 22.0 Å². The fourth-order valence-corrected chi connectivity index (χ4v) is 4.38. The number of hydrogen-bond acceptors (Lipinski definition) is 7. The third-order valence-corrected chi connectivity index (χ3v) is 6.07. The van der Waals surface area contributed by atoms with Gasteiger partial charge in [-0.25, -0.2) is 4.79 Å². The lowest BCUT2D eigenvalue weighted by atomic mass is 10.1. The van der Waals surface area contributed by atoms with Crippen molar-refractivity contribution in [3.8, 4) is 11.5 Å². The summed E-state index contributed by atoms with van der Waals surface area (Å²) in [5.74, 6) is -0.0803. The third kappa shape index (κ3) is 5.23. The van der Waals surface area contributed by atoms with E-state index < -0.39 is 5.97 Å². The number of nitrogens with zero attached hydrogens (tertiary/aromatic N) is 1. The molecule has 0 aromatic heterocycles. The van der Waals surface area contributed by atoms with Gasteiger partial charge < -0.3 is 14.2 Å². The van der Waals surface area contributed by atoms with Crippen LogP contribution in [-0.2, 0) is 20.9 Å². The smallest absolute Gasteiger partial charge is 0.344 e. The van der Waals surface area contributed by atoms with E-state index in [9.17, 15) is 14.4 Å². The number of benzene rings is 3. The molecule has 0 radical (unpaired) electrons. The molecule has 2 amide bonds. The minimum absolute atomic E-state index is 0.198. The fourth-order valence-electron chi connectivity index (χ4n) is 3.54. The highest BCUT2D eigenvalue weighted by Gasteiger charge is 2.35. The zero-order chi connectivity index (χ0) is 24.1. The average molecular weight is 478 g/mol. The second-order valence-corrected chi connectivity index (χ2v) is 8.45. The van der Waals surface area contributed by atoms with Crippen molar-refractivity contribution in [3.63, 3.8) is 0 Å². The van der Waals surface area contributed by atoms with Gasteiger partial charge in [0.25, 0.3) is 11.1 Å². The van der Waals surface area contributed by atoms with Crippen molar-refractivity contribution in [2.24, 2.45) is 0 Å². The molecule has 0 spiro atoms. The maximum atomic E-state index is 13.0. The second kappa shape index (κ2) is 10.4. The van der Waals surface area contributed by atoms with Crippen LogP contribution in [0.25, 0.3) is 16.8 Å². The maximum absolute atomic E-state index is 13.0. The minimum atomic E-state index is -0.496. The van der Waals surface area contributed by atoms with Gasteiger partial charge in [0, 0.05) is 0 Å². The zero-order valence-corrected chi connectivity index (χ0v) is 19.6. The highest BCUT2D eigenvalue weighted by Crippen LogP contribution is 2.35. The van der Waals surface area contributed by atoms with Crippen LogP contribution < -0.4 is 9.47 Å². The first-order valence-corrected chi connectivity index (χ1v) is 11.5. The molecule has 4 rings (SSSR count). The molecule has 0 atom stereocenters. The summed E-state index contributed by atoms with van der Waals surface area (Å²) in [5.41, 5.74) is 1.51. The van der Waals surface area contributed by atoms with Crippen LogP contribution in [0, 0.1) is 0 Å². The maximum Gasteiger partial charge on any atom is 0.344 e. The highest BCUT2D eigenvalue weighted by atomic mass is 32.2. The Labute approximate surface area is 201 Å². The van der Waals surface area contributed by atoms with Gasteiger partial charge in [0.2, 0.25) is 0 Å². The Hall–Kier alpha value is -3.78. The molecule has 0 saturated carbocycles. The number of imide groups is 1. The largest absolute Gasteiger partial charge is 0.493 e. The molecule has 3 aromatic rings. The van der Waals surface area contributed by atoms with Crippen LogP contribution in [0.2, 0.25) is 0 Å². The van der Waals surface area contributed by atoms with Gasteiger partial charge in [0.15, 0.2) is 18.1 Å². The van der Waals surface area contributed by atoms with Gasteiger partial charge in [-0.1, -0.05) is 42.5 Å². The molecule has 34 heavy (non-hydrogen) atoms. The summed E-state index contributed by atoms with van der Waals surface area (Å²) in [7, 11) is 1.49. The van der Waals surface area contributed by atoms with Gasteiger partial charge in [0.05, 0.1) is 25.2 Å². The van der Waals surface area contributed by atoms with E-state index in [0.717, 1.165) is 28.1 Å². The fraction of sp³-hybridized carbons (Fsp3) is 0.192. The molecule has 7 nitrogen and oxygen atoms in total. The van der Waals surface area contributed by atoms with Crippen LogP contribution in [0.15, 0.2) is 65.6 Å². The molecular formula is C26H23NO6S. The Morgan fingerprint density at radius 3 is 2.56 bits per heavy atom. The Kier molecular flexibility index (Phi) is 7.18. The van der Waals surface area contributed by atoms with Crippen LogP contribution in [-0.4, -0.2) is 42.3 Å². The van der Waals surface area contributed by atoms with Gasteiger partial charge in [-0.15, -0.1) is 0 Å². The molecule has 8 heteroatoms. The van der Waals surface area contributed by atoms with E-state index in [4.69, 9.17) is 14.2 Å². The lowest BCUT2D eigenvalue weighted by Crippen LogP contribution is -2.27. The molecule has 0 N–H and O–H groups in total. The first-order chi connectivity index (χ1) is 16.5. The molecule has 0 unspecified atom stereocenters. The molecular weight excluding hydrogens is 454 g/mol. The van der Waals surface area contributed by atoms with E-state index in [-0.39, 0.29) is 30.9 Å². The van der Waals surface area contributed by atoms with Crippen molar-refractivity contribution in [1.29, 1.82) is 0 Å². The highest BCUT2D eigenvalue weighted by molar-refractivity contribution is 8.18. The Balaban J connectivity index is 1.51. The molecule has 3 aromatic carbocycles. The van der Waals surface area contributed by atoms with E-state index in [1.165, 1.54) is 12.0 Å². The standard InChI is InChI=1S/C26H23NO6S/c1-3-32-24(28)16-33-22-13-17(9-11-21(22)31-2)14-23-25(29)27(26(30)34-23)15-18-8-10-19-6-4-5-7-20(19)12-18/h4-14H,3,15-16H2,1-2H3/b23-14-. The Morgan fingerprint density at radius 1 is 1.00 bits per heavy atom. The summed E-state index contributed by atoms with van der Waals surface area (Å²) >= 11 is 0.893. The molecule has 1 heterocycles. The van der Waals surface area contributed by atoms with Crippen molar-refractivity contribution >= 4 is 45.7 Å². The van der Waals surface area contributed by atoms with Gasteiger partial charge in [0.1, 0.15) is 0 Å². The Morgan fingerprint density at radius 2 is 1.79 bits per heavy atom. The van der Waals surface area contributed by atoms with Crippen LogP contribution in [0.3, 0.4) is 0 Å². The number of thioether (sulfide) groups is 1. The number of amides is 2. The summed E-state index contributed by atoms with van der Waals surface area (Å²) in [6.07, 6.45) is 1.63. The predicted octanol–water partition coefficient (Wildman–Crippen LogP) is 5.03. The molecule has 1 aliphatic rings. The quantitative estimate of drug-likeness (QED) is 0.333. The summed E-state index contributed by atoms with van der Waals surface area (Å²) < 4.78 is 15.7. The van der Waals surface area contributed by atoms with Crippen LogP contribution in [0.5, 0.6) is 11.5 Å². The van der Waals surface area contributed by atoms with Gasteiger partial charge in [-0.3, -0.25) is 14.5 Å². The van der Waals surface area contributed by atoms with Crippen molar-refractivity contribution in [1.82, 2.24) is 4.90 Å². The first kappa shape index (κ1) is 23.4. The van der Waals surface area contributed by atoms with E-state index in [1.54, 1.807) is 31.2 Å². The summed E-state index contributed by atoms with van der Waals surface area (Å²) in [4.78, 5) is 38.7. The number of carbonyl (C=O) groups is 3. The van der Waals surface area contributed by atoms with Crippen LogP contribution in [0.1, 0.15) is 18.1 Å². The minimum Gasteiger partial charge on any atom is -0.493 e. The van der Waals surface area contributed by atoms with Crippen molar-refractivity contribution in [2.45, 2.75) is 13.5 Å². The molecule has 0 aliphatic carbocycles. The third-order valence-electron chi connectivity index (χ3n) is 5.16. The number of hydrogen-bond donors (Lipinski definition) is 0. The van der Waals surface area contributed by atoms with Crippen molar-refractivity contribution in [3.05, 3.63) is 76.7 Å². The first-order valence-electron chi connectivity index (χ1n) is 10.7. The monoisotopic (exact) mass is 477 g/mol. The second-order valence-electron chi connectivity index (χ2n) is 7.45. The van der Waals surface area contributed by atoms with Crippen LogP contribution in [0.4, 0.5) is 4.79 Å². The molecule has 1 fully saturated rings. The van der Waals surface area contributed by atoms with Gasteiger partial charge >= 0.3 is 5.97 Å². The van der Waals surface area contributed by atoms with E-state index in [2.05, 4.69) is 0 Å². The predicted molar refractivity (Wildman–Crippen MR) is 131 cm³/mol. The van der Waals surface area contributed by atoms with E-state index in [1.807, 2.05) is 42.5 Å². The normalized spacial score (nSPS) is 14.6. The van der Waals surface area contributed by atoms with E-state index >= 15 is 0 Å². The number of ether oxygens (including phenoxy) is 3. The number of carbonyl (C=O) groups excluding carboxylic acids is 3.